The summed E-state index contributed by atoms with van der Waals surface area (Å²) in [5, 5.41) is 2.21. The van der Waals surface area contributed by atoms with E-state index in [1.54, 1.807) is 0 Å². The molecule has 2 nitrogen and oxygen atoms in total. The fraction of sp³-hybridized carbons (Fsp3) is 0.0526. The molecule has 1 heterocycles. The van der Waals surface area contributed by atoms with Crippen LogP contribution in [0, 0.1) is 0 Å². The van der Waals surface area contributed by atoms with Gasteiger partial charge >= 0.3 is 0 Å². The third-order valence-electron chi connectivity index (χ3n) is 13.2. The number of hydrogen-bond donors (Lipinski definition) is 0. The van der Waals surface area contributed by atoms with E-state index in [1.807, 2.05) is 0 Å². The smallest absolute Gasteiger partial charge is 0.159 e. The number of benzene rings is 9. The normalized spacial score (nSPS) is 15.7. The lowest BCUT2D eigenvalue weighted by atomic mass is 9.67. The Morgan fingerprint density at radius 3 is 1.54 bits per heavy atom. The highest BCUT2D eigenvalue weighted by atomic mass is 16.3. The van der Waals surface area contributed by atoms with E-state index in [-0.39, 0.29) is 5.41 Å². The molecule has 2 heteroatoms. The van der Waals surface area contributed by atoms with Crippen molar-refractivity contribution >= 4 is 39.0 Å². The van der Waals surface area contributed by atoms with E-state index in [0.717, 1.165) is 39.0 Å². The van der Waals surface area contributed by atoms with E-state index in [0.29, 0.717) is 0 Å². The van der Waals surface area contributed by atoms with Crippen LogP contribution < -0.4 is 4.90 Å². The summed E-state index contributed by atoms with van der Waals surface area (Å²) in [4.78, 5) is 2.43. The molecule has 0 spiro atoms. The molecule has 0 amide bonds. The Labute approximate surface area is 344 Å². The van der Waals surface area contributed by atoms with Gasteiger partial charge in [-0.2, -0.15) is 0 Å². The van der Waals surface area contributed by atoms with Gasteiger partial charge < -0.3 is 9.32 Å². The van der Waals surface area contributed by atoms with Gasteiger partial charge in [-0.3, -0.25) is 0 Å². The highest BCUT2D eigenvalue weighted by Crippen LogP contribution is 2.58. The van der Waals surface area contributed by atoms with Crippen LogP contribution in [0.4, 0.5) is 17.1 Å². The number of nitrogens with zero attached hydrogens (tertiary/aromatic N) is 1. The van der Waals surface area contributed by atoms with Crippen molar-refractivity contribution in [2.24, 2.45) is 0 Å². The van der Waals surface area contributed by atoms with E-state index in [2.05, 4.69) is 230 Å². The molecule has 2 aliphatic carbocycles. The van der Waals surface area contributed by atoms with Crippen molar-refractivity contribution in [1.82, 2.24) is 0 Å². The molecule has 0 saturated carbocycles. The number of furan rings is 1. The van der Waals surface area contributed by atoms with Gasteiger partial charge in [-0.25, -0.2) is 0 Å². The highest BCUT2D eigenvalue weighted by molar-refractivity contribution is 6.10. The second-order valence-corrected chi connectivity index (χ2v) is 16.1. The van der Waals surface area contributed by atoms with Gasteiger partial charge in [0, 0.05) is 27.6 Å². The van der Waals surface area contributed by atoms with Crippen LogP contribution >= 0.6 is 0 Å². The summed E-state index contributed by atoms with van der Waals surface area (Å²) in [6, 6.07) is 80.1. The van der Waals surface area contributed by atoms with Crippen LogP contribution in [0.1, 0.15) is 45.9 Å². The van der Waals surface area contributed by atoms with Gasteiger partial charge in [0.1, 0.15) is 5.58 Å². The lowest BCUT2D eigenvalue weighted by molar-refractivity contribution is 0.669. The van der Waals surface area contributed by atoms with Crippen molar-refractivity contribution in [2.75, 3.05) is 4.90 Å². The second-order valence-electron chi connectivity index (χ2n) is 16.1. The zero-order valence-electron chi connectivity index (χ0n) is 32.6. The van der Waals surface area contributed by atoms with Crippen molar-refractivity contribution in [2.45, 2.75) is 17.8 Å². The van der Waals surface area contributed by atoms with E-state index < -0.39 is 5.41 Å². The van der Waals surface area contributed by atoms with Gasteiger partial charge in [0.25, 0.3) is 0 Å². The van der Waals surface area contributed by atoms with Crippen LogP contribution in [0.15, 0.2) is 223 Å². The SMILES string of the molecule is CC1(c2ccccc2)c2ccccc2-c2ccc(N(c3ccc4c(c3)C(c3ccccc3)(c3ccccc3)c3ccccc3-4)c3cccc4c3oc3ccccc34)cc21. The van der Waals surface area contributed by atoms with Crippen molar-refractivity contribution < 1.29 is 4.42 Å². The summed E-state index contributed by atoms with van der Waals surface area (Å²) in [6.07, 6.45) is 0. The molecule has 0 radical (unpaired) electrons. The molecular formula is C57H39NO. The van der Waals surface area contributed by atoms with Crippen LogP contribution in [-0.2, 0) is 10.8 Å². The lowest BCUT2D eigenvalue weighted by Crippen LogP contribution is -2.28. The molecule has 1 aromatic heterocycles. The first-order chi connectivity index (χ1) is 29.2. The third kappa shape index (κ3) is 4.69. The van der Waals surface area contributed by atoms with Crippen LogP contribution in [0.2, 0.25) is 0 Å². The van der Waals surface area contributed by atoms with Gasteiger partial charge in [-0.05, 0) is 105 Å². The monoisotopic (exact) mass is 753 g/mol. The minimum atomic E-state index is -0.535. The van der Waals surface area contributed by atoms with Crippen molar-refractivity contribution in [1.29, 1.82) is 0 Å². The molecule has 0 aliphatic heterocycles. The second kappa shape index (κ2) is 12.8. The van der Waals surface area contributed by atoms with Crippen molar-refractivity contribution in [3.63, 3.8) is 0 Å². The van der Waals surface area contributed by atoms with Gasteiger partial charge in [-0.1, -0.05) is 182 Å². The minimum absolute atomic E-state index is 0.352. The molecule has 1 unspecified atom stereocenters. The molecular weight excluding hydrogens is 715 g/mol. The topological polar surface area (TPSA) is 16.4 Å². The maximum atomic E-state index is 6.84. The standard InChI is InChI=1S/C57H39NO/c1-56(38-18-5-2-6-19-38)49-28-14-11-24-43(49)45-34-32-41(36-51(45)56)58(53-30-17-27-48-47-26-13-16-31-54(47)59-55(48)53)42-33-35-46-44-25-12-15-29-50(44)57(52(46)37-42,39-20-7-3-8-21-39)40-22-9-4-10-23-40/h2-37H,1H3. The van der Waals surface area contributed by atoms with Gasteiger partial charge in [-0.15, -0.1) is 0 Å². The Hall–Kier alpha value is -7.42. The Morgan fingerprint density at radius 1 is 0.373 bits per heavy atom. The summed E-state index contributed by atoms with van der Waals surface area (Å²) >= 11 is 0. The van der Waals surface area contributed by atoms with Gasteiger partial charge in [0.05, 0.1) is 11.1 Å². The van der Waals surface area contributed by atoms with E-state index in [1.165, 1.54) is 61.2 Å². The van der Waals surface area contributed by atoms with E-state index in [4.69, 9.17) is 4.42 Å². The first-order valence-corrected chi connectivity index (χ1v) is 20.5. The first kappa shape index (κ1) is 33.7. The fourth-order valence-electron chi connectivity index (χ4n) is 10.6. The number of rotatable bonds is 6. The molecule has 0 N–H and O–H groups in total. The van der Waals surface area contributed by atoms with Crippen LogP contribution in [0.5, 0.6) is 0 Å². The number of fused-ring (bicyclic) bond motifs is 9. The number of para-hydroxylation sites is 2. The highest BCUT2D eigenvalue weighted by Gasteiger charge is 2.47. The number of anilines is 3. The molecule has 0 saturated heterocycles. The summed E-state index contributed by atoms with van der Waals surface area (Å²) < 4.78 is 6.84. The average molecular weight is 754 g/mol. The Balaban J connectivity index is 1.16. The quantitative estimate of drug-likeness (QED) is 0.168. The van der Waals surface area contributed by atoms with Gasteiger partial charge in [0.2, 0.25) is 0 Å². The van der Waals surface area contributed by atoms with Crippen LogP contribution in [-0.4, -0.2) is 0 Å². The zero-order chi connectivity index (χ0) is 39.1. The van der Waals surface area contributed by atoms with Crippen molar-refractivity contribution in [3.05, 3.63) is 257 Å². The maximum Gasteiger partial charge on any atom is 0.159 e. The summed E-state index contributed by atoms with van der Waals surface area (Å²) in [5.41, 5.74) is 18.0. The maximum absolute atomic E-state index is 6.84. The molecule has 12 rings (SSSR count). The van der Waals surface area contributed by atoms with Gasteiger partial charge in [0.15, 0.2) is 5.58 Å². The Morgan fingerprint density at radius 2 is 0.864 bits per heavy atom. The zero-order valence-corrected chi connectivity index (χ0v) is 32.6. The van der Waals surface area contributed by atoms with E-state index >= 15 is 0 Å². The minimum Gasteiger partial charge on any atom is -0.454 e. The summed E-state index contributed by atoms with van der Waals surface area (Å²) in [5.74, 6) is 0. The fourth-order valence-corrected chi connectivity index (χ4v) is 10.6. The average Bonchev–Trinajstić information content (AvgIpc) is 3.92. The Kier molecular flexibility index (Phi) is 7.31. The lowest BCUT2D eigenvalue weighted by Gasteiger charge is -2.35. The summed E-state index contributed by atoms with van der Waals surface area (Å²) in [7, 11) is 0. The molecule has 0 bridgehead atoms. The molecule has 0 fully saturated rings. The molecule has 2 aliphatic rings. The predicted molar refractivity (Wildman–Crippen MR) is 243 cm³/mol. The molecule has 9 aromatic carbocycles. The largest absolute Gasteiger partial charge is 0.454 e. The molecule has 10 aromatic rings. The molecule has 278 valence electrons. The van der Waals surface area contributed by atoms with E-state index in [9.17, 15) is 0 Å². The third-order valence-corrected chi connectivity index (χ3v) is 13.2. The predicted octanol–water partition coefficient (Wildman–Crippen LogP) is 14.8. The molecule has 59 heavy (non-hydrogen) atoms. The first-order valence-electron chi connectivity index (χ1n) is 20.5. The van der Waals surface area contributed by atoms with Crippen molar-refractivity contribution in [3.8, 4) is 22.3 Å². The summed E-state index contributed by atoms with van der Waals surface area (Å²) in [6.45, 7) is 2.39. The number of hydrogen-bond acceptors (Lipinski definition) is 2. The Bertz CT molecular complexity index is 3200. The van der Waals surface area contributed by atoms with Crippen LogP contribution in [0.25, 0.3) is 44.2 Å². The molecule has 1 atom stereocenters. The van der Waals surface area contributed by atoms with Crippen LogP contribution in [0.3, 0.4) is 0 Å².